The van der Waals surface area contributed by atoms with E-state index < -0.39 is 0 Å². The van der Waals surface area contributed by atoms with Crippen molar-refractivity contribution in [2.24, 2.45) is 0 Å². The van der Waals surface area contributed by atoms with E-state index in [9.17, 15) is 5.11 Å². The van der Waals surface area contributed by atoms with Gasteiger partial charge in [0, 0.05) is 24.7 Å². The molecule has 0 spiro atoms. The first-order valence-electron chi connectivity index (χ1n) is 9.61. The summed E-state index contributed by atoms with van der Waals surface area (Å²) < 4.78 is 22.4. The number of hydrogen-bond acceptors (Lipinski definition) is 6. The molecular formula is C22H27NO5. The molecule has 0 saturated carbocycles. The third-order valence-corrected chi connectivity index (χ3v) is 5.77. The van der Waals surface area contributed by atoms with Crippen molar-refractivity contribution in [3.05, 3.63) is 46.5 Å². The van der Waals surface area contributed by atoms with E-state index in [0.717, 1.165) is 54.5 Å². The predicted octanol–water partition coefficient (Wildman–Crippen LogP) is 2.74. The first-order chi connectivity index (χ1) is 13.7. The van der Waals surface area contributed by atoms with Gasteiger partial charge in [0.1, 0.15) is 6.61 Å². The fourth-order valence-corrected chi connectivity index (χ4v) is 4.40. The van der Waals surface area contributed by atoms with Gasteiger partial charge >= 0.3 is 0 Å². The van der Waals surface area contributed by atoms with E-state index in [1.54, 1.807) is 21.3 Å². The SMILES string of the molecule is COc1cc2c(cc1OC)C1Cc3ccc(OC)c(OCCO)c3CN1CC2. The second-order valence-corrected chi connectivity index (χ2v) is 7.15. The fraction of sp³-hybridized carbons (Fsp3) is 0.455. The Labute approximate surface area is 165 Å². The Balaban J connectivity index is 1.73. The van der Waals surface area contributed by atoms with Crippen LogP contribution in [-0.2, 0) is 19.4 Å². The monoisotopic (exact) mass is 385 g/mol. The first kappa shape index (κ1) is 18.9. The van der Waals surface area contributed by atoms with Crippen LogP contribution < -0.4 is 18.9 Å². The lowest BCUT2D eigenvalue weighted by molar-refractivity contribution is 0.151. The summed E-state index contributed by atoms with van der Waals surface area (Å²) in [4.78, 5) is 2.49. The number of nitrogens with zero attached hydrogens (tertiary/aromatic N) is 1. The zero-order valence-electron chi connectivity index (χ0n) is 16.7. The van der Waals surface area contributed by atoms with E-state index in [1.807, 2.05) is 6.07 Å². The molecule has 2 aliphatic heterocycles. The normalized spacial score (nSPS) is 17.9. The summed E-state index contributed by atoms with van der Waals surface area (Å²) in [6, 6.07) is 8.63. The Morgan fingerprint density at radius 3 is 2.46 bits per heavy atom. The first-order valence-corrected chi connectivity index (χ1v) is 9.61. The molecule has 0 radical (unpaired) electrons. The average Bonchev–Trinajstić information content (AvgIpc) is 2.74. The van der Waals surface area contributed by atoms with Gasteiger partial charge in [-0.2, -0.15) is 0 Å². The number of hydrogen-bond donors (Lipinski definition) is 1. The maximum absolute atomic E-state index is 9.19. The zero-order valence-corrected chi connectivity index (χ0v) is 16.7. The summed E-state index contributed by atoms with van der Waals surface area (Å²) in [5, 5.41) is 9.19. The van der Waals surface area contributed by atoms with Crippen molar-refractivity contribution in [3.63, 3.8) is 0 Å². The third kappa shape index (κ3) is 3.16. The number of methoxy groups -OCH3 is 3. The number of aliphatic hydroxyl groups excluding tert-OH is 1. The van der Waals surface area contributed by atoms with Gasteiger partial charge in [-0.25, -0.2) is 0 Å². The summed E-state index contributed by atoms with van der Waals surface area (Å²) in [5.74, 6) is 3.03. The highest BCUT2D eigenvalue weighted by Crippen LogP contribution is 2.45. The summed E-state index contributed by atoms with van der Waals surface area (Å²) in [5.41, 5.74) is 5.06. The quantitative estimate of drug-likeness (QED) is 0.825. The van der Waals surface area contributed by atoms with Gasteiger partial charge in [-0.15, -0.1) is 0 Å². The summed E-state index contributed by atoms with van der Waals surface area (Å²) >= 11 is 0. The maximum Gasteiger partial charge on any atom is 0.166 e. The summed E-state index contributed by atoms with van der Waals surface area (Å²) in [6.45, 7) is 2.01. The lowest BCUT2D eigenvalue weighted by Crippen LogP contribution is -2.39. The minimum atomic E-state index is -0.0197. The highest BCUT2D eigenvalue weighted by molar-refractivity contribution is 5.54. The van der Waals surface area contributed by atoms with Crippen LogP contribution >= 0.6 is 0 Å². The largest absolute Gasteiger partial charge is 0.493 e. The van der Waals surface area contributed by atoms with Crippen molar-refractivity contribution in [1.82, 2.24) is 4.90 Å². The molecule has 0 fully saturated rings. The molecule has 2 aromatic carbocycles. The molecule has 6 heteroatoms. The number of fused-ring (bicyclic) bond motifs is 4. The van der Waals surface area contributed by atoms with Crippen molar-refractivity contribution in [3.8, 4) is 23.0 Å². The minimum absolute atomic E-state index is 0.0197. The molecule has 1 unspecified atom stereocenters. The number of benzene rings is 2. The molecule has 6 nitrogen and oxygen atoms in total. The average molecular weight is 385 g/mol. The molecule has 4 rings (SSSR count). The van der Waals surface area contributed by atoms with Gasteiger partial charge in [-0.05, 0) is 47.7 Å². The second kappa shape index (κ2) is 7.89. The predicted molar refractivity (Wildman–Crippen MR) is 106 cm³/mol. The van der Waals surface area contributed by atoms with Gasteiger partial charge in [0.2, 0.25) is 0 Å². The zero-order chi connectivity index (χ0) is 19.7. The van der Waals surface area contributed by atoms with Crippen molar-refractivity contribution in [2.45, 2.75) is 25.4 Å². The molecule has 0 aromatic heterocycles. The molecule has 2 heterocycles. The number of rotatable bonds is 6. The summed E-state index contributed by atoms with van der Waals surface area (Å²) in [7, 11) is 5.01. The Morgan fingerprint density at radius 1 is 1.00 bits per heavy atom. The molecule has 1 N–H and O–H groups in total. The van der Waals surface area contributed by atoms with Crippen LogP contribution in [0.15, 0.2) is 24.3 Å². The minimum Gasteiger partial charge on any atom is -0.493 e. The maximum atomic E-state index is 9.19. The highest BCUT2D eigenvalue weighted by Gasteiger charge is 2.35. The van der Waals surface area contributed by atoms with Crippen LogP contribution in [0.1, 0.15) is 28.3 Å². The van der Waals surface area contributed by atoms with Gasteiger partial charge in [0.05, 0.1) is 27.9 Å². The van der Waals surface area contributed by atoms with Gasteiger partial charge in [-0.1, -0.05) is 6.07 Å². The molecule has 28 heavy (non-hydrogen) atoms. The lowest BCUT2D eigenvalue weighted by atomic mass is 9.83. The van der Waals surface area contributed by atoms with Gasteiger partial charge in [0.25, 0.3) is 0 Å². The second-order valence-electron chi connectivity index (χ2n) is 7.15. The van der Waals surface area contributed by atoms with E-state index in [1.165, 1.54) is 16.7 Å². The molecular weight excluding hydrogens is 358 g/mol. The van der Waals surface area contributed by atoms with E-state index in [-0.39, 0.29) is 13.2 Å². The Morgan fingerprint density at radius 2 is 1.75 bits per heavy atom. The van der Waals surface area contributed by atoms with Crippen LogP contribution in [0.5, 0.6) is 23.0 Å². The van der Waals surface area contributed by atoms with Crippen LogP contribution in [0, 0.1) is 0 Å². The molecule has 0 saturated heterocycles. The van der Waals surface area contributed by atoms with Gasteiger partial charge < -0.3 is 24.1 Å². The van der Waals surface area contributed by atoms with Crippen molar-refractivity contribution >= 4 is 0 Å². The Bertz CT molecular complexity index is 866. The highest BCUT2D eigenvalue weighted by atomic mass is 16.5. The van der Waals surface area contributed by atoms with E-state index in [4.69, 9.17) is 18.9 Å². The van der Waals surface area contributed by atoms with Crippen LogP contribution in [0.2, 0.25) is 0 Å². The van der Waals surface area contributed by atoms with Crippen molar-refractivity contribution in [2.75, 3.05) is 41.1 Å². The third-order valence-electron chi connectivity index (χ3n) is 5.77. The fourth-order valence-electron chi connectivity index (χ4n) is 4.40. The van der Waals surface area contributed by atoms with Gasteiger partial charge in [-0.3, -0.25) is 4.90 Å². The Hall–Kier alpha value is -2.44. The van der Waals surface area contributed by atoms with Gasteiger partial charge in [0.15, 0.2) is 23.0 Å². The molecule has 0 bridgehead atoms. The van der Waals surface area contributed by atoms with Crippen molar-refractivity contribution < 1.29 is 24.1 Å². The standard InChI is InChI=1S/C22H27NO5/c1-25-19-5-4-14-10-18-16-12-21(27-3)20(26-2)11-15(16)6-7-23(18)13-17(14)22(19)28-9-8-24/h4-5,11-12,18,24H,6-10,13H2,1-3H3. The number of ether oxygens (including phenoxy) is 4. The smallest absolute Gasteiger partial charge is 0.166 e. The van der Waals surface area contributed by atoms with E-state index in [0.29, 0.717) is 6.04 Å². The molecule has 2 aliphatic rings. The molecule has 1 atom stereocenters. The molecule has 0 amide bonds. The number of aliphatic hydroxyl groups is 1. The molecule has 150 valence electrons. The molecule has 2 aromatic rings. The van der Waals surface area contributed by atoms with E-state index >= 15 is 0 Å². The van der Waals surface area contributed by atoms with Crippen molar-refractivity contribution in [1.29, 1.82) is 0 Å². The van der Waals surface area contributed by atoms with Crippen LogP contribution in [0.25, 0.3) is 0 Å². The topological polar surface area (TPSA) is 60.4 Å². The van der Waals surface area contributed by atoms with Crippen LogP contribution in [-0.4, -0.2) is 51.1 Å². The van der Waals surface area contributed by atoms with Crippen LogP contribution in [0.3, 0.4) is 0 Å². The van der Waals surface area contributed by atoms with Crippen LogP contribution in [0.4, 0.5) is 0 Å². The Kier molecular flexibility index (Phi) is 5.33. The molecule has 0 aliphatic carbocycles. The summed E-state index contributed by atoms with van der Waals surface area (Å²) in [6.07, 6.45) is 1.87. The van der Waals surface area contributed by atoms with E-state index in [2.05, 4.69) is 23.1 Å². The lowest BCUT2D eigenvalue weighted by Gasteiger charge is -2.42.